The van der Waals surface area contributed by atoms with Crippen molar-refractivity contribution in [1.29, 1.82) is 0 Å². The molecule has 27 heavy (non-hydrogen) atoms. The molecule has 0 radical (unpaired) electrons. The molecule has 0 atom stereocenters. The van der Waals surface area contributed by atoms with E-state index in [-0.39, 0.29) is 36.6 Å². The van der Waals surface area contributed by atoms with Crippen molar-refractivity contribution in [2.45, 2.75) is 27.2 Å². The van der Waals surface area contributed by atoms with E-state index in [2.05, 4.69) is 20.9 Å². The maximum atomic E-state index is 12.0. The zero-order valence-corrected chi connectivity index (χ0v) is 16.8. The normalized spacial score (nSPS) is 10.6. The monoisotopic (exact) mass is 408 g/mol. The summed E-state index contributed by atoms with van der Waals surface area (Å²) in [6.45, 7) is 5.29. The standard InChI is InChI=1S/C18H21ClN4O3S/c1-10(2)17(26)23-18-21-12(9-27-18)7-15(24)20-8-16(25)22-14-5-4-11(3)6-13(14)19/h4-6,9-10H,7-8H2,1-3H3,(H,20,24)(H,22,25)(H,21,23,26). The molecule has 1 heterocycles. The van der Waals surface area contributed by atoms with E-state index >= 15 is 0 Å². The van der Waals surface area contributed by atoms with Gasteiger partial charge < -0.3 is 16.0 Å². The number of anilines is 2. The number of hydrogen-bond donors (Lipinski definition) is 3. The van der Waals surface area contributed by atoms with E-state index in [1.165, 1.54) is 11.3 Å². The zero-order chi connectivity index (χ0) is 20.0. The third kappa shape index (κ3) is 6.65. The van der Waals surface area contributed by atoms with Crippen LogP contribution in [-0.2, 0) is 20.8 Å². The molecular formula is C18H21ClN4O3S. The van der Waals surface area contributed by atoms with Gasteiger partial charge in [-0.15, -0.1) is 11.3 Å². The molecule has 0 fully saturated rings. The van der Waals surface area contributed by atoms with Gasteiger partial charge in [-0.2, -0.15) is 0 Å². The van der Waals surface area contributed by atoms with E-state index in [1.807, 2.05) is 13.0 Å². The molecule has 3 amide bonds. The Labute approximate surface area is 166 Å². The summed E-state index contributed by atoms with van der Waals surface area (Å²) in [5.74, 6) is -1.00. The first-order valence-corrected chi connectivity index (χ1v) is 9.58. The molecule has 2 aromatic rings. The first-order valence-electron chi connectivity index (χ1n) is 8.32. The van der Waals surface area contributed by atoms with Crippen LogP contribution in [0.5, 0.6) is 0 Å². The van der Waals surface area contributed by atoms with Crippen molar-refractivity contribution in [2.24, 2.45) is 5.92 Å². The second kappa shape index (κ2) is 9.48. The predicted octanol–water partition coefficient (Wildman–Crippen LogP) is 3.00. The third-order valence-electron chi connectivity index (χ3n) is 3.49. The fraction of sp³-hybridized carbons (Fsp3) is 0.333. The lowest BCUT2D eigenvalue weighted by Crippen LogP contribution is -2.33. The summed E-state index contributed by atoms with van der Waals surface area (Å²) in [7, 11) is 0. The molecule has 2 rings (SSSR count). The molecule has 1 aromatic heterocycles. The van der Waals surface area contributed by atoms with E-state index in [4.69, 9.17) is 11.6 Å². The Morgan fingerprint density at radius 2 is 1.93 bits per heavy atom. The van der Waals surface area contributed by atoms with Crippen LogP contribution >= 0.6 is 22.9 Å². The first kappa shape index (κ1) is 20.9. The number of aromatic nitrogens is 1. The van der Waals surface area contributed by atoms with E-state index in [0.29, 0.717) is 21.5 Å². The summed E-state index contributed by atoms with van der Waals surface area (Å²) in [6.07, 6.45) is 0.0205. The number of hydrogen-bond acceptors (Lipinski definition) is 5. The van der Waals surface area contributed by atoms with Crippen LogP contribution in [0.25, 0.3) is 0 Å². The highest BCUT2D eigenvalue weighted by atomic mass is 35.5. The van der Waals surface area contributed by atoms with Gasteiger partial charge in [0.2, 0.25) is 17.7 Å². The number of thiazole rings is 1. The van der Waals surface area contributed by atoms with Gasteiger partial charge in [0.25, 0.3) is 0 Å². The van der Waals surface area contributed by atoms with Crippen LogP contribution in [0.3, 0.4) is 0 Å². The molecule has 0 saturated carbocycles. The Morgan fingerprint density at radius 1 is 1.19 bits per heavy atom. The van der Waals surface area contributed by atoms with E-state index in [9.17, 15) is 14.4 Å². The minimum Gasteiger partial charge on any atom is -0.347 e. The van der Waals surface area contributed by atoms with Gasteiger partial charge in [-0.3, -0.25) is 14.4 Å². The summed E-state index contributed by atoms with van der Waals surface area (Å²) >= 11 is 7.31. The highest BCUT2D eigenvalue weighted by molar-refractivity contribution is 7.13. The lowest BCUT2D eigenvalue weighted by molar-refractivity contribution is -0.123. The highest BCUT2D eigenvalue weighted by Crippen LogP contribution is 2.22. The Bertz CT molecular complexity index is 851. The molecule has 0 aliphatic carbocycles. The van der Waals surface area contributed by atoms with Gasteiger partial charge in [0.1, 0.15) is 0 Å². The fourth-order valence-electron chi connectivity index (χ4n) is 2.02. The van der Waals surface area contributed by atoms with Crippen LogP contribution in [0.15, 0.2) is 23.6 Å². The number of halogens is 1. The first-order chi connectivity index (χ1) is 12.7. The van der Waals surface area contributed by atoms with Gasteiger partial charge in [-0.25, -0.2) is 4.98 Å². The Balaban J connectivity index is 1.79. The largest absolute Gasteiger partial charge is 0.347 e. The maximum absolute atomic E-state index is 12.0. The molecule has 144 valence electrons. The van der Waals surface area contributed by atoms with Crippen LogP contribution in [0.2, 0.25) is 5.02 Å². The molecule has 7 nitrogen and oxygen atoms in total. The third-order valence-corrected chi connectivity index (χ3v) is 4.61. The number of nitrogens with one attached hydrogen (secondary N) is 3. The quantitative estimate of drug-likeness (QED) is 0.655. The molecule has 0 saturated heterocycles. The summed E-state index contributed by atoms with van der Waals surface area (Å²) in [5, 5.41) is 10.4. The van der Waals surface area contributed by atoms with E-state index < -0.39 is 0 Å². The maximum Gasteiger partial charge on any atom is 0.243 e. The number of carbonyl (C=O) groups is 3. The average molecular weight is 409 g/mol. The van der Waals surface area contributed by atoms with Gasteiger partial charge >= 0.3 is 0 Å². The second-order valence-corrected chi connectivity index (χ2v) is 7.54. The van der Waals surface area contributed by atoms with Gasteiger partial charge in [-0.1, -0.05) is 31.5 Å². The molecule has 0 spiro atoms. The SMILES string of the molecule is Cc1ccc(NC(=O)CNC(=O)Cc2csc(NC(=O)C(C)C)n2)c(Cl)c1. The van der Waals surface area contributed by atoms with Crippen molar-refractivity contribution in [1.82, 2.24) is 10.3 Å². The van der Waals surface area contributed by atoms with Crippen molar-refractivity contribution < 1.29 is 14.4 Å². The predicted molar refractivity (Wildman–Crippen MR) is 107 cm³/mol. The van der Waals surface area contributed by atoms with E-state index in [1.54, 1.807) is 31.4 Å². The van der Waals surface area contributed by atoms with Crippen molar-refractivity contribution >= 4 is 51.5 Å². The van der Waals surface area contributed by atoms with Crippen molar-refractivity contribution in [3.8, 4) is 0 Å². The molecular weight excluding hydrogens is 388 g/mol. The lowest BCUT2D eigenvalue weighted by atomic mass is 10.2. The zero-order valence-electron chi connectivity index (χ0n) is 15.3. The van der Waals surface area contributed by atoms with Crippen LogP contribution in [0.4, 0.5) is 10.8 Å². The van der Waals surface area contributed by atoms with Crippen LogP contribution < -0.4 is 16.0 Å². The number of amides is 3. The van der Waals surface area contributed by atoms with Crippen LogP contribution in [0.1, 0.15) is 25.1 Å². The fourth-order valence-corrected chi connectivity index (χ4v) is 3.01. The van der Waals surface area contributed by atoms with Crippen molar-refractivity contribution in [3.63, 3.8) is 0 Å². The Kier molecular flexibility index (Phi) is 7.32. The van der Waals surface area contributed by atoms with Crippen molar-refractivity contribution in [2.75, 3.05) is 17.2 Å². The minimum atomic E-state index is -0.378. The molecule has 0 aliphatic heterocycles. The highest BCUT2D eigenvalue weighted by Gasteiger charge is 2.13. The molecule has 1 aromatic carbocycles. The summed E-state index contributed by atoms with van der Waals surface area (Å²) in [5.41, 5.74) is 2.00. The number of benzene rings is 1. The smallest absolute Gasteiger partial charge is 0.243 e. The van der Waals surface area contributed by atoms with Gasteiger partial charge in [0, 0.05) is 11.3 Å². The lowest BCUT2D eigenvalue weighted by Gasteiger charge is -2.08. The number of carbonyl (C=O) groups excluding carboxylic acids is 3. The number of nitrogens with zero attached hydrogens (tertiary/aromatic N) is 1. The average Bonchev–Trinajstić information content (AvgIpc) is 3.02. The molecule has 0 aliphatic rings. The van der Waals surface area contributed by atoms with Gasteiger partial charge in [0.05, 0.1) is 29.4 Å². The van der Waals surface area contributed by atoms with E-state index in [0.717, 1.165) is 5.56 Å². The number of rotatable bonds is 7. The molecule has 9 heteroatoms. The second-order valence-electron chi connectivity index (χ2n) is 6.27. The topological polar surface area (TPSA) is 100 Å². The Morgan fingerprint density at radius 3 is 2.59 bits per heavy atom. The molecule has 0 unspecified atom stereocenters. The molecule has 3 N–H and O–H groups in total. The minimum absolute atomic E-state index is 0.0205. The van der Waals surface area contributed by atoms with Crippen molar-refractivity contribution in [3.05, 3.63) is 39.9 Å². The van der Waals surface area contributed by atoms with Gasteiger partial charge in [0.15, 0.2) is 5.13 Å². The molecule has 0 bridgehead atoms. The summed E-state index contributed by atoms with van der Waals surface area (Å²) in [4.78, 5) is 39.8. The van der Waals surface area contributed by atoms with Crippen LogP contribution in [0, 0.1) is 12.8 Å². The summed E-state index contributed by atoms with van der Waals surface area (Å²) in [6, 6.07) is 5.28. The Hall–Kier alpha value is -2.45. The van der Waals surface area contributed by atoms with Crippen LogP contribution in [-0.4, -0.2) is 29.3 Å². The number of aryl methyl sites for hydroxylation is 1. The summed E-state index contributed by atoms with van der Waals surface area (Å²) < 4.78 is 0. The van der Waals surface area contributed by atoms with Gasteiger partial charge in [-0.05, 0) is 24.6 Å².